The molecule has 0 bridgehead atoms. The Balaban J connectivity index is 2.00. The molecule has 0 unspecified atom stereocenters. The number of benzene rings is 2. The largest absolute Gasteiger partial charge is 0.466 e. The monoisotopic (exact) mass is 398 g/mol. The zero-order chi connectivity index (χ0) is 20.3. The van der Waals surface area contributed by atoms with Gasteiger partial charge < -0.3 is 10.1 Å². The number of amides is 2. The number of halogens is 1. The molecule has 1 aliphatic rings. The Morgan fingerprint density at radius 2 is 1.75 bits per heavy atom. The average Bonchev–Trinajstić information content (AvgIpc) is 2.69. The molecule has 0 saturated carbocycles. The quantitative estimate of drug-likeness (QED) is 0.795. The number of allylic oxidation sites excluding steroid dienone is 1. The van der Waals surface area contributed by atoms with Crippen molar-refractivity contribution in [1.29, 1.82) is 0 Å². The second kappa shape index (κ2) is 8.27. The first kappa shape index (κ1) is 19.6. The second-order valence-electron chi connectivity index (χ2n) is 6.28. The van der Waals surface area contributed by atoms with Crippen molar-refractivity contribution < 1.29 is 19.1 Å². The van der Waals surface area contributed by atoms with Gasteiger partial charge in [-0.15, -0.1) is 0 Å². The zero-order valence-corrected chi connectivity index (χ0v) is 16.2. The topological polar surface area (TPSA) is 75.7 Å². The van der Waals surface area contributed by atoms with Crippen LogP contribution in [0.2, 0.25) is 5.02 Å². The summed E-state index contributed by atoms with van der Waals surface area (Å²) in [4.78, 5) is 39.6. The number of anilines is 2. The van der Waals surface area contributed by atoms with Crippen LogP contribution < -0.4 is 10.2 Å². The molecule has 3 rings (SSSR count). The molecule has 0 aliphatic carbocycles. The Morgan fingerprint density at radius 1 is 1.11 bits per heavy atom. The Bertz CT molecular complexity index is 956. The number of hydrogen-bond acceptors (Lipinski definition) is 4. The molecular formula is C21H19ClN2O4. The molecule has 2 aromatic rings. The van der Waals surface area contributed by atoms with Gasteiger partial charge in [0.2, 0.25) is 11.8 Å². The molecule has 2 amide bonds. The van der Waals surface area contributed by atoms with Crippen LogP contribution >= 0.6 is 11.6 Å². The van der Waals surface area contributed by atoms with E-state index in [1.807, 2.05) is 6.07 Å². The van der Waals surface area contributed by atoms with Crippen molar-refractivity contribution in [3.8, 4) is 0 Å². The smallest absolute Gasteiger partial charge is 0.336 e. The number of rotatable bonds is 4. The van der Waals surface area contributed by atoms with Crippen LogP contribution in [0.5, 0.6) is 0 Å². The number of nitrogens with zero attached hydrogens (tertiary/aromatic N) is 1. The number of methoxy groups -OCH3 is 1. The molecule has 28 heavy (non-hydrogen) atoms. The molecular weight excluding hydrogens is 380 g/mol. The van der Waals surface area contributed by atoms with Crippen molar-refractivity contribution in [2.75, 3.05) is 17.3 Å². The summed E-state index contributed by atoms with van der Waals surface area (Å²) in [7, 11) is 1.24. The normalized spacial score (nSPS) is 16.8. The van der Waals surface area contributed by atoms with Crippen molar-refractivity contribution in [2.24, 2.45) is 5.92 Å². The molecule has 0 radical (unpaired) electrons. The predicted octanol–water partition coefficient (Wildman–Crippen LogP) is 3.78. The summed E-state index contributed by atoms with van der Waals surface area (Å²) < 4.78 is 4.89. The summed E-state index contributed by atoms with van der Waals surface area (Å²) >= 11 is 6.10. The first-order valence-electron chi connectivity index (χ1n) is 8.66. The van der Waals surface area contributed by atoms with E-state index in [9.17, 15) is 14.4 Å². The number of hydrogen-bond donors (Lipinski definition) is 1. The van der Waals surface area contributed by atoms with Crippen molar-refractivity contribution >= 4 is 40.8 Å². The number of para-hydroxylation sites is 2. The van der Waals surface area contributed by atoms with Gasteiger partial charge in [0.25, 0.3) is 0 Å². The van der Waals surface area contributed by atoms with Gasteiger partial charge in [0.15, 0.2) is 0 Å². The van der Waals surface area contributed by atoms with Crippen molar-refractivity contribution in [1.82, 2.24) is 0 Å². The van der Waals surface area contributed by atoms with Crippen LogP contribution in [-0.2, 0) is 19.1 Å². The van der Waals surface area contributed by atoms with Gasteiger partial charge in [-0.25, -0.2) is 4.79 Å². The van der Waals surface area contributed by atoms with E-state index >= 15 is 0 Å². The fourth-order valence-corrected chi connectivity index (χ4v) is 3.43. The number of carbonyl (C=O) groups is 3. The number of nitrogens with one attached hydrogen (secondary N) is 1. The van der Waals surface area contributed by atoms with Crippen molar-refractivity contribution in [2.45, 2.75) is 13.3 Å². The van der Waals surface area contributed by atoms with Crippen LogP contribution in [0, 0.1) is 5.92 Å². The lowest BCUT2D eigenvalue weighted by molar-refractivity contribution is -0.138. The first-order valence-corrected chi connectivity index (χ1v) is 9.04. The molecule has 0 spiro atoms. The highest BCUT2D eigenvalue weighted by Crippen LogP contribution is 2.34. The second-order valence-corrected chi connectivity index (χ2v) is 6.69. The van der Waals surface area contributed by atoms with E-state index in [2.05, 4.69) is 5.32 Å². The number of esters is 1. The number of ether oxygens (including phenoxy) is 1. The fraction of sp³-hybridized carbons (Fsp3) is 0.190. The molecule has 1 N–H and O–H groups in total. The summed E-state index contributed by atoms with van der Waals surface area (Å²) in [6, 6.07) is 15.7. The van der Waals surface area contributed by atoms with E-state index in [4.69, 9.17) is 16.3 Å². The third kappa shape index (κ3) is 3.77. The fourth-order valence-electron chi connectivity index (χ4n) is 3.25. The molecule has 7 heteroatoms. The standard InChI is InChI=1S/C21H19ClN2O4/c1-13-19(21(27)28-2)15(20(26)23-17-11-7-6-10-16(17)22)12-18(25)24(13)14-8-4-3-5-9-14/h3-11,15H,12H2,1-2H3,(H,23,26)/t15-/m1/s1. The summed E-state index contributed by atoms with van der Waals surface area (Å²) in [5.74, 6) is -2.40. The summed E-state index contributed by atoms with van der Waals surface area (Å²) in [6.45, 7) is 1.63. The van der Waals surface area contributed by atoms with E-state index in [-0.39, 0.29) is 17.9 Å². The van der Waals surface area contributed by atoms with Gasteiger partial charge >= 0.3 is 5.97 Å². The Hall–Kier alpha value is -3.12. The molecule has 1 aliphatic heterocycles. The van der Waals surface area contributed by atoms with Crippen molar-refractivity contribution in [3.63, 3.8) is 0 Å². The zero-order valence-electron chi connectivity index (χ0n) is 15.4. The molecule has 0 saturated heterocycles. The number of carbonyl (C=O) groups excluding carboxylic acids is 3. The molecule has 6 nitrogen and oxygen atoms in total. The Kier molecular flexibility index (Phi) is 5.80. The van der Waals surface area contributed by atoms with Gasteiger partial charge in [-0.05, 0) is 31.2 Å². The average molecular weight is 399 g/mol. The van der Waals surface area contributed by atoms with Crippen LogP contribution in [0.4, 0.5) is 11.4 Å². The molecule has 1 heterocycles. The SMILES string of the molecule is COC(=O)C1=C(C)N(c2ccccc2)C(=O)C[C@H]1C(=O)Nc1ccccc1Cl. The lowest BCUT2D eigenvalue weighted by atomic mass is 9.88. The summed E-state index contributed by atoms with van der Waals surface area (Å²) in [5, 5.41) is 3.07. The van der Waals surface area contributed by atoms with E-state index in [0.717, 1.165) is 0 Å². The van der Waals surface area contributed by atoms with Gasteiger partial charge in [-0.1, -0.05) is 41.9 Å². The third-order valence-corrected chi connectivity index (χ3v) is 4.90. The minimum atomic E-state index is -0.976. The van der Waals surface area contributed by atoms with E-state index in [0.29, 0.717) is 22.1 Å². The van der Waals surface area contributed by atoms with Crippen LogP contribution in [0.25, 0.3) is 0 Å². The highest BCUT2D eigenvalue weighted by atomic mass is 35.5. The van der Waals surface area contributed by atoms with E-state index < -0.39 is 17.8 Å². The molecule has 1 atom stereocenters. The van der Waals surface area contributed by atoms with Gasteiger partial charge in [0.1, 0.15) is 0 Å². The lowest BCUT2D eigenvalue weighted by Crippen LogP contribution is -2.43. The lowest BCUT2D eigenvalue weighted by Gasteiger charge is -2.33. The minimum absolute atomic E-state index is 0.149. The van der Waals surface area contributed by atoms with Crippen LogP contribution in [0.1, 0.15) is 13.3 Å². The summed E-state index contributed by atoms with van der Waals surface area (Å²) in [5.41, 5.74) is 1.55. The third-order valence-electron chi connectivity index (χ3n) is 4.57. The van der Waals surface area contributed by atoms with Crippen LogP contribution in [-0.4, -0.2) is 24.9 Å². The van der Waals surface area contributed by atoms with Crippen molar-refractivity contribution in [3.05, 3.63) is 70.9 Å². The molecule has 144 valence electrons. The van der Waals surface area contributed by atoms with Gasteiger partial charge in [-0.2, -0.15) is 0 Å². The van der Waals surface area contributed by atoms with Crippen LogP contribution in [0.15, 0.2) is 65.9 Å². The maximum Gasteiger partial charge on any atom is 0.336 e. The summed E-state index contributed by atoms with van der Waals surface area (Å²) in [6.07, 6.45) is -0.160. The van der Waals surface area contributed by atoms with Crippen LogP contribution in [0.3, 0.4) is 0 Å². The van der Waals surface area contributed by atoms with Gasteiger partial charge in [0, 0.05) is 17.8 Å². The predicted molar refractivity (Wildman–Crippen MR) is 107 cm³/mol. The Labute approximate surface area is 167 Å². The maximum absolute atomic E-state index is 12.9. The molecule has 0 aromatic heterocycles. The van der Waals surface area contributed by atoms with Gasteiger partial charge in [-0.3, -0.25) is 14.5 Å². The highest BCUT2D eigenvalue weighted by molar-refractivity contribution is 6.33. The minimum Gasteiger partial charge on any atom is -0.466 e. The highest BCUT2D eigenvalue weighted by Gasteiger charge is 2.40. The first-order chi connectivity index (χ1) is 13.4. The molecule has 0 fully saturated rings. The van der Waals surface area contributed by atoms with E-state index in [1.165, 1.54) is 12.0 Å². The molecule has 2 aromatic carbocycles. The van der Waals surface area contributed by atoms with E-state index in [1.54, 1.807) is 55.5 Å². The van der Waals surface area contributed by atoms with Gasteiger partial charge in [0.05, 0.1) is 29.3 Å². The maximum atomic E-state index is 12.9. The Morgan fingerprint density at radius 3 is 2.39 bits per heavy atom.